The average molecular weight is 263 g/mol. The molecule has 2 amide bonds. The smallest absolute Gasteiger partial charge is 0.253 e. The molecule has 1 rings (SSSR count). The van der Waals surface area contributed by atoms with Gasteiger partial charge in [-0.15, -0.1) is 0 Å². The summed E-state index contributed by atoms with van der Waals surface area (Å²) in [5.41, 5.74) is 1.31. The molecule has 1 aromatic carbocycles. The Bertz CT molecular complexity index is 427. The van der Waals surface area contributed by atoms with Crippen molar-refractivity contribution in [2.75, 3.05) is 32.5 Å². The number of benzene rings is 1. The highest BCUT2D eigenvalue weighted by Crippen LogP contribution is 2.11. The minimum atomic E-state index is -0.0509. The second-order valence-electron chi connectivity index (χ2n) is 4.43. The largest absolute Gasteiger partial charge is 0.345 e. The van der Waals surface area contributed by atoms with Crippen LogP contribution >= 0.6 is 0 Å². The van der Waals surface area contributed by atoms with Gasteiger partial charge in [-0.25, -0.2) is 0 Å². The molecule has 0 unspecified atom stereocenters. The van der Waals surface area contributed by atoms with Gasteiger partial charge in [0.05, 0.1) is 0 Å². The highest BCUT2D eigenvalue weighted by atomic mass is 16.2. The zero-order valence-corrected chi connectivity index (χ0v) is 11.7. The molecule has 0 saturated heterocycles. The number of carbonyl (C=O) groups is 2. The van der Waals surface area contributed by atoms with E-state index in [0.717, 1.165) is 6.54 Å². The number of hydrogen-bond donors (Lipinski definition) is 2. The van der Waals surface area contributed by atoms with Crippen LogP contribution in [0.3, 0.4) is 0 Å². The Balaban J connectivity index is 2.52. The highest BCUT2D eigenvalue weighted by Gasteiger charge is 2.08. The van der Waals surface area contributed by atoms with Crippen LogP contribution in [0.2, 0.25) is 0 Å². The van der Waals surface area contributed by atoms with E-state index in [-0.39, 0.29) is 11.8 Å². The Morgan fingerprint density at radius 3 is 2.32 bits per heavy atom. The van der Waals surface area contributed by atoms with Crippen LogP contribution < -0.4 is 10.6 Å². The van der Waals surface area contributed by atoms with E-state index in [0.29, 0.717) is 24.2 Å². The van der Waals surface area contributed by atoms with Crippen molar-refractivity contribution in [3.63, 3.8) is 0 Å². The topological polar surface area (TPSA) is 61.4 Å². The Morgan fingerprint density at radius 1 is 1.16 bits per heavy atom. The number of anilines is 1. The van der Waals surface area contributed by atoms with Crippen molar-refractivity contribution in [2.24, 2.45) is 0 Å². The monoisotopic (exact) mass is 263 g/mol. The van der Waals surface area contributed by atoms with Gasteiger partial charge in [-0.3, -0.25) is 9.59 Å². The van der Waals surface area contributed by atoms with Gasteiger partial charge in [0, 0.05) is 38.3 Å². The molecule has 0 aromatic heterocycles. The summed E-state index contributed by atoms with van der Waals surface area (Å²) in [6, 6.07) is 6.90. The Morgan fingerprint density at radius 2 is 1.79 bits per heavy atom. The van der Waals surface area contributed by atoms with Crippen LogP contribution in [-0.2, 0) is 4.79 Å². The third-order valence-corrected chi connectivity index (χ3v) is 2.60. The maximum absolute atomic E-state index is 11.7. The lowest BCUT2D eigenvalue weighted by Gasteiger charge is -2.11. The molecule has 5 heteroatoms. The predicted octanol–water partition coefficient (Wildman–Crippen LogP) is 1.33. The Kier molecular flexibility index (Phi) is 6.02. The van der Waals surface area contributed by atoms with E-state index >= 15 is 0 Å². The fraction of sp³-hybridized carbons (Fsp3) is 0.429. The number of amides is 2. The molecule has 19 heavy (non-hydrogen) atoms. The standard InChI is InChI=1S/C14H21N3O2/c1-4-15-10-9-13(18)16-12-7-5-11(6-8-12)14(19)17(2)3/h5-8,15H,4,9-10H2,1-3H3,(H,16,18). The Hall–Kier alpha value is -1.88. The summed E-state index contributed by atoms with van der Waals surface area (Å²) in [6.07, 6.45) is 0.437. The van der Waals surface area contributed by atoms with Crippen molar-refractivity contribution in [2.45, 2.75) is 13.3 Å². The van der Waals surface area contributed by atoms with E-state index in [1.54, 1.807) is 38.4 Å². The molecule has 1 aromatic rings. The first-order valence-corrected chi connectivity index (χ1v) is 6.37. The molecular formula is C14H21N3O2. The zero-order chi connectivity index (χ0) is 14.3. The first-order chi connectivity index (χ1) is 9.04. The second kappa shape index (κ2) is 7.53. The van der Waals surface area contributed by atoms with E-state index in [9.17, 15) is 9.59 Å². The van der Waals surface area contributed by atoms with Crippen LogP contribution in [0.15, 0.2) is 24.3 Å². The number of rotatable bonds is 6. The third-order valence-electron chi connectivity index (χ3n) is 2.60. The van der Waals surface area contributed by atoms with Gasteiger partial charge < -0.3 is 15.5 Å². The van der Waals surface area contributed by atoms with E-state index < -0.39 is 0 Å². The van der Waals surface area contributed by atoms with Gasteiger partial charge in [0.1, 0.15) is 0 Å². The summed E-state index contributed by atoms with van der Waals surface area (Å²) in [5.74, 6) is -0.0855. The van der Waals surface area contributed by atoms with Crippen LogP contribution in [-0.4, -0.2) is 43.9 Å². The van der Waals surface area contributed by atoms with Crippen LogP contribution in [0.1, 0.15) is 23.7 Å². The lowest BCUT2D eigenvalue weighted by atomic mass is 10.2. The molecule has 0 saturated carbocycles. The summed E-state index contributed by atoms with van der Waals surface area (Å²) in [4.78, 5) is 24.8. The normalized spacial score (nSPS) is 10.1. The quantitative estimate of drug-likeness (QED) is 0.761. The molecule has 0 aliphatic rings. The highest BCUT2D eigenvalue weighted by molar-refractivity contribution is 5.95. The SMILES string of the molecule is CCNCCC(=O)Nc1ccc(C(=O)N(C)C)cc1. The molecule has 0 aliphatic carbocycles. The minimum absolute atomic E-state index is 0.0346. The summed E-state index contributed by atoms with van der Waals surface area (Å²) in [6.45, 7) is 3.52. The third kappa shape index (κ3) is 5.09. The lowest BCUT2D eigenvalue weighted by Crippen LogP contribution is -2.22. The van der Waals surface area contributed by atoms with Gasteiger partial charge in [0.2, 0.25) is 5.91 Å². The van der Waals surface area contributed by atoms with Gasteiger partial charge in [0.15, 0.2) is 0 Å². The second-order valence-corrected chi connectivity index (χ2v) is 4.43. The van der Waals surface area contributed by atoms with Crippen LogP contribution in [0.4, 0.5) is 5.69 Å². The van der Waals surface area contributed by atoms with Crippen molar-refractivity contribution in [1.82, 2.24) is 10.2 Å². The van der Waals surface area contributed by atoms with E-state index in [4.69, 9.17) is 0 Å². The lowest BCUT2D eigenvalue weighted by molar-refractivity contribution is -0.116. The molecule has 0 fully saturated rings. The molecule has 2 N–H and O–H groups in total. The van der Waals surface area contributed by atoms with E-state index in [1.807, 2.05) is 6.92 Å². The summed E-state index contributed by atoms with van der Waals surface area (Å²) in [7, 11) is 3.41. The van der Waals surface area contributed by atoms with Crippen molar-refractivity contribution >= 4 is 17.5 Å². The molecule has 0 bridgehead atoms. The molecule has 0 spiro atoms. The summed E-state index contributed by atoms with van der Waals surface area (Å²) >= 11 is 0. The van der Waals surface area contributed by atoms with Crippen molar-refractivity contribution < 1.29 is 9.59 Å². The van der Waals surface area contributed by atoms with Gasteiger partial charge >= 0.3 is 0 Å². The van der Waals surface area contributed by atoms with Crippen LogP contribution in [0, 0.1) is 0 Å². The molecule has 0 heterocycles. The predicted molar refractivity (Wildman–Crippen MR) is 76.2 cm³/mol. The van der Waals surface area contributed by atoms with Crippen molar-refractivity contribution in [3.05, 3.63) is 29.8 Å². The number of nitrogens with zero attached hydrogens (tertiary/aromatic N) is 1. The average Bonchev–Trinajstić information content (AvgIpc) is 2.39. The first-order valence-electron chi connectivity index (χ1n) is 6.37. The maximum atomic E-state index is 11.7. The van der Waals surface area contributed by atoms with Crippen molar-refractivity contribution in [1.29, 1.82) is 0 Å². The fourth-order valence-electron chi connectivity index (χ4n) is 1.56. The van der Waals surface area contributed by atoms with Gasteiger partial charge in [-0.05, 0) is 30.8 Å². The number of nitrogens with one attached hydrogen (secondary N) is 2. The zero-order valence-electron chi connectivity index (χ0n) is 11.7. The fourth-order valence-corrected chi connectivity index (χ4v) is 1.56. The van der Waals surface area contributed by atoms with Gasteiger partial charge in [0.25, 0.3) is 5.91 Å². The number of hydrogen-bond acceptors (Lipinski definition) is 3. The van der Waals surface area contributed by atoms with E-state index in [1.165, 1.54) is 4.90 Å². The first kappa shape index (κ1) is 15.2. The van der Waals surface area contributed by atoms with Crippen LogP contribution in [0.5, 0.6) is 0 Å². The summed E-state index contributed by atoms with van der Waals surface area (Å²) < 4.78 is 0. The van der Waals surface area contributed by atoms with E-state index in [2.05, 4.69) is 10.6 Å². The molecule has 0 atom stereocenters. The van der Waals surface area contributed by atoms with Gasteiger partial charge in [-0.1, -0.05) is 6.92 Å². The minimum Gasteiger partial charge on any atom is -0.345 e. The van der Waals surface area contributed by atoms with Crippen molar-refractivity contribution in [3.8, 4) is 0 Å². The maximum Gasteiger partial charge on any atom is 0.253 e. The molecule has 104 valence electrons. The molecule has 5 nitrogen and oxygen atoms in total. The molecular weight excluding hydrogens is 242 g/mol. The van der Waals surface area contributed by atoms with Crippen LogP contribution in [0.25, 0.3) is 0 Å². The Labute approximate surface area is 114 Å². The molecule has 0 radical (unpaired) electrons. The number of carbonyl (C=O) groups excluding carboxylic acids is 2. The summed E-state index contributed by atoms with van der Waals surface area (Å²) in [5, 5.41) is 5.88. The van der Waals surface area contributed by atoms with Gasteiger partial charge in [-0.2, -0.15) is 0 Å². The molecule has 0 aliphatic heterocycles.